The number of anilines is 1. The number of pyridine rings is 1. The summed E-state index contributed by atoms with van der Waals surface area (Å²) in [5, 5.41) is 2.90. The zero-order chi connectivity index (χ0) is 11.3. The summed E-state index contributed by atoms with van der Waals surface area (Å²) < 4.78 is 9.67. The lowest BCUT2D eigenvalue weighted by atomic mass is 10.3. The van der Waals surface area contributed by atoms with Crippen molar-refractivity contribution in [2.45, 2.75) is 13.0 Å². The molecule has 1 rings (SSSR count). The molecule has 0 aliphatic rings. The van der Waals surface area contributed by atoms with Gasteiger partial charge >= 0.3 is 5.97 Å². The highest BCUT2D eigenvalue weighted by atomic mass is 16.5. The molecule has 1 N–H and O–H groups in total. The van der Waals surface area contributed by atoms with E-state index in [1.165, 1.54) is 7.11 Å². The zero-order valence-corrected chi connectivity index (χ0v) is 8.98. The molecule has 5 nitrogen and oxygen atoms in total. The van der Waals surface area contributed by atoms with Gasteiger partial charge in [-0.2, -0.15) is 0 Å². The van der Waals surface area contributed by atoms with E-state index < -0.39 is 6.04 Å². The number of rotatable bonds is 4. The Morgan fingerprint density at radius 2 is 2.27 bits per heavy atom. The number of hydrogen-bond donors (Lipinski definition) is 1. The highest BCUT2D eigenvalue weighted by Crippen LogP contribution is 2.20. The van der Waals surface area contributed by atoms with Crippen molar-refractivity contribution in [1.29, 1.82) is 0 Å². The summed E-state index contributed by atoms with van der Waals surface area (Å²) in [5.41, 5.74) is 0. The fourth-order valence-corrected chi connectivity index (χ4v) is 1.10. The van der Waals surface area contributed by atoms with E-state index in [1.807, 2.05) is 0 Å². The number of nitrogens with one attached hydrogen (secondary N) is 1. The standard InChI is InChI=1S/C10H14N2O3/c1-7(10(13)15-3)12-9-8(14-2)5-4-6-11-9/h4-7H,1-3H3,(H,11,12). The van der Waals surface area contributed by atoms with E-state index in [0.29, 0.717) is 11.6 Å². The maximum Gasteiger partial charge on any atom is 0.328 e. The maximum atomic E-state index is 11.2. The minimum absolute atomic E-state index is 0.345. The molecule has 15 heavy (non-hydrogen) atoms. The minimum Gasteiger partial charge on any atom is -0.493 e. The predicted octanol–water partition coefficient (Wildman–Crippen LogP) is 1.06. The molecule has 0 bridgehead atoms. The maximum absolute atomic E-state index is 11.2. The molecule has 1 heterocycles. The van der Waals surface area contributed by atoms with Crippen LogP contribution >= 0.6 is 0 Å². The van der Waals surface area contributed by atoms with Crippen molar-refractivity contribution in [1.82, 2.24) is 4.98 Å². The minimum atomic E-state index is -0.459. The molecule has 0 saturated carbocycles. The molecular weight excluding hydrogens is 196 g/mol. The summed E-state index contributed by atoms with van der Waals surface area (Å²) in [6, 6.07) is 3.06. The Kier molecular flexibility index (Phi) is 3.91. The van der Waals surface area contributed by atoms with Gasteiger partial charge < -0.3 is 14.8 Å². The average molecular weight is 210 g/mol. The second-order valence-corrected chi connectivity index (χ2v) is 2.94. The molecule has 82 valence electrons. The Morgan fingerprint density at radius 1 is 1.53 bits per heavy atom. The number of carbonyl (C=O) groups is 1. The van der Waals surface area contributed by atoms with Gasteiger partial charge in [0.15, 0.2) is 11.6 Å². The first-order chi connectivity index (χ1) is 7.19. The summed E-state index contributed by atoms with van der Waals surface area (Å²) in [4.78, 5) is 15.2. The van der Waals surface area contributed by atoms with Crippen molar-refractivity contribution in [3.8, 4) is 5.75 Å². The van der Waals surface area contributed by atoms with Crippen LogP contribution in [0.15, 0.2) is 18.3 Å². The summed E-state index contributed by atoms with van der Waals surface area (Å²) in [6.07, 6.45) is 1.62. The van der Waals surface area contributed by atoms with Gasteiger partial charge in [-0.1, -0.05) is 0 Å². The smallest absolute Gasteiger partial charge is 0.328 e. The van der Waals surface area contributed by atoms with Gasteiger partial charge in [-0.05, 0) is 19.1 Å². The lowest BCUT2D eigenvalue weighted by Crippen LogP contribution is -2.27. The third-order valence-electron chi connectivity index (χ3n) is 1.90. The van der Waals surface area contributed by atoms with Crippen LogP contribution in [0.1, 0.15) is 6.92 Å². The average Bonchev–Trinajstić information content (AvgIpc) is 2.28. The van der Waals surface area contributed by atoms with Gasteiger partial charge in [-0.3, -0.25) is 0 Å². The fraction of sp³-hybridized carbons (Fsp3) is 0.400. The summed E-state index contributed by atoms with van der Waals surface area (Å²) in [7, 11) is 2.89. The molecule has 0 amide bonds. The molecule has 0 aliphatic heterocycles. The van der Waals surface area contributed by atoms with Gasteiger partial charge in [0.05, 0.1) is 14.2 Å². The van der Waals surface area contributed by atoms with E-state index in [1.54, 1.807) is 32.4 Å². The molecule has 0 spiro atoms. The van der Waals surface area contributed by atoms with Crippen molar-refractivity contribution in [3.63, 3.8) is 0 Å². The van der Waals surface area contributed by atoms with Crippen LogP contribution in [0.4, 0.5) is 5.82 Å². The van der Waals surface area contributed by atoms with E-state index in [0.717, 1.165) is 0 Å². The zero-order valence-electron chi connectivity index (χ0n) is 8.98. The van der Waals surface area contributed by atoms with Gasteiger partial charge in [-0.25, -0.2) is 9.78 Å². The van der Waals surface area contributed by atoms with E-state index in [4.69, 9.17) is 4.74 Å². The van der Waals surface area contributed by atoms with E-state index in [-0.39, 0.29) is 5.97 Å². The highest BCUT2D eigenvalue weighted by molar-refractivity contribution is 5.78. The predicted molar refractivity (Wildman–Crippen MR) is 55.9 cm³/mol. The van der Waals surface area contributed by atoms with Crippen LogP contribution in [0.3, 0.4) is 0 Å². The van der Waals surface area contributed by atoms with Crippen LogP contribution in [-0.2, 0) is 9.53 Å². The lowest BCUT2D eigenvalue weighted by Gasteiger charge is -2.14. The van der Waals surface area contributed by atoms with Gasteiger partial charge in [0, 0.05) is 6.20 Å². The van der Waals surface area contributed by atoms with Gasteiger partial charge in [-0.15, -0.1) is 0 Å². The quantitative estimate of drug-likeness (QED) is 0.753. The first-order valence-corrected chi connectivity index (χ1v) is 4.52. The normalized spacial score (nSPS) is 11.7. The molecule has 0 aliphatic carbocycles. The molecule has 0 radical (unpaired) electrons. The number of hydrogen-bond acceptors (Lipinski definition) is 5. The number of carbonyl (C=O) groups excluding carboxylic acids is 1. The number of aromatic nitrogens is 1. The summed E-state index contributed by atoms with van der Waals surface area (Å²) >= 11 is 0. The van der Waals surface area contributed by atoms with Crippen molar-refractivity contribution in [3.05, 3.63) is 18.3 Å². The van der Waals surface area contributed by atoms with Crippen LogP contribution in [0.25, 0.3) is 0 Å². The Bertz CT molecular complexity index is 341. The topological polar surface area (TPSA) is 60.5 Å². The number of ether oxygens (including phenoxy) is 2. The van der Waals surface area contributed by atoms with Crippen molar-refractivity contribution in [2.24, 2.45) is 0 Å². The summed E-state index contributed by atoms with van der Waals surface area (Å²) in [6.45, 7) is 1.69. The number of methoxy groups -OCH3 is 2. The molecule has 0 aromatic carbocycles. The third-order valence-corrected chi connectivity index (χ3v) is 1.90. The van der Waals surface area contributed by atoms with Gasteiger partial charge in [0.2, 0.25) is 0 Å². The van der Waals surface area contributed by atoms with Crippen molar-refractivity contribution >= 4 is 11.8 Å². The van der Waals surface area contributed by atoms with Crippen molar-refractivity contribution < 1.29 is 14.3 Å². The second-order valence-electron chi connectivity index (χ2n) is 2.94. The van der Waals surface area contributed by atoms with E-state index >= 15 is 0 Å². The molecule has 5 heteroatoms. The fourth-order valence-electron chi connectivity index (χ4n) is 1.10. The molecular formula is C10H14N2O3. The molecule has 1 atom stereocenters. The lowest BCUT2D eigenvalue weighted by molar-refractivity contribution is -0.141. The number of nitrogens with zero attached hydrogens (tertiary/aromatic N) is 1. The van der Waals surface area contributed by atoms with Crippen LogP contribution in [0.2, 0.25) is 0 Å². The Balaban J connectivity index is 2.75. The molecule has 0 fully saturated rings. The highest BCUT2D eigenvalue weighted by Gasteiger charge is 2.14. The van der Waals surface area contributed by atoms with Gasteiger partial charge in [0.1, 0.15) is 6.04 Å². The van der Waals surface area contributed by atoms with Crippen molar-refractivity contribution in [2.75, 3.05) is 19.5 Å². The SMILES string of the molecule is COC(=O)C(C)Nc1ncccc1OC. The second kappa shape index (κ2) is 5.19. The third kappa shape index (κ3) is 2.83. The Labute approximate surface area is 88.4 Å². The van der Waals surface area contributed by atoms with Crippen LogP contribution in [0, 0.1) is 0 Å². The summed E-state index contributed by atoms with van der Waals surface area (Å²) in [5.74, 6) is 0.772. The molecule has 1 aromatic heterocycles. The monoisotopic (exact) mass is 210 g/mol. The number of esters is 1. The van der Waals surface area contributed by atoms with Crippen LogP contribution in [0.5, 0.6) is 5.75 Å². The van der Waals surface area contributed by atoms with Gasteiger partial charge in [0.25, 0.3) is 0 Å². The Morgan fingerprint density at radius 3 is 2.87 bits per heavy atom. The van der Waals surface area contributed by atoms with Crippen LogP contribution in [-0.4, -0.2) is 31.2 Å². The van der Waals surface area contributed by atoms with E-state index in [9.17, 15) is 4.79 Å². The largest absolute Gasteiger partial charge is 0.493 e. The first kappa shape index (κ1) is 11.3. The van der Waals surface area contributed by atoms with Crippen LogP contribution < -0.4 is 10.1 Å². The van der Waals surface area contributed by atoms with E-state index in [2.05, 4.69) is 15.0 Å². The molecule has 1 unspecified atom stereocenters. The molecule has 1 aromatic rings. The molecule has 0 saturated heterocycles. The first-order valence-electron chi connectivity index (χ1n) is 4.52. The Hall–Kier alpha value is -1.78.